The molecule has 0 amide bonds. The predicted molar refractivity (Wildman–Crippen MR) is 59.2 cm³/mol. The Morgan fingerprint density at radius 1 is 0.643 bits per heavy atom. The van der Waals surface area contributed by atoms with Crippen molar-refractivity contribution in [3.63, 3.8) is 0 Å². The third-order valence-electron chi connectivity index (χ3n) is 2.14. The van der Waals surface area contributed by atoms with Crippen molar-refractivity contribution in [3.05, 3.63) is 10.4 Å². The summed E-state index contributed by atoms with van der Waals surface area (Å²) in [5.74, 6) is 0. The Morgan fingerprint density at radius 3 is 1.14 bits per heavy atom. The van der Waals surface area contributed by atoms with Crippen LogP contribution in [0.3, 0.4) is 0 Å². The van der Waals surface area contributed by atoms with Crippen LogP contribution < -0.4 is 0 Å². The molecule has 0 saturated carbocycles. The van der Waals surface area contributed by atoms with Gasteiger partial charge < -0.3 is 19.7 Å². The van der Waals surface area contributed by atoms with E-state index in [-0.39, 0.29) is 9.29 Å². The van der Waals surface area contributed by atoms with E-state index in [4.69, 9.17) is 0 Å². The Hall–Kier alpha value is -0.160. The monoisotopic (exact) mass is 204 g/mol. The minimum absolute atomic E-state index is 0.205. The van der Waals surface area contributed by atoms with Gasteiger partial charge in [0.25, 0.3) is 0 Å². The summed E-state index contributed by atoms with van der Waals surface area (Å²) < 4.78 is -0.410. The topological polar surface area (TPSA) is 46.1 Å². The number of quaternary nitrogens is 2. The van der Waals surface area contributed by atoms with Crippen molar-refractivity contribution in [3.8, 4) is 0 Å². The maximum absolute atomic E-state index is 11.2. The van der Waals surface area contributed by atoms with Gasteiger partial charge in [-0.25, -0.2) is 0 Å². The van der Waals surface area contributed by atoms with E-state index in [2.05, 4.69) is 0 Å². The lowest BCUT2D eigenvalue weighted by Crippen LogP contribution is -2.33. The molecule has 0 atom stereocenters. The van der Waals surface area contributed by atoms with E-state index < -0.39 is 0 Å². The Labute approximate surface area is 87.5 Å². The highest BCUT2D eigenvalue weighted by Crippen LogP contribution is 2.06. The minimum Gasteiger partial charge on any atom is -0.633 e. The smallest absolute Gasteiger partial charge is 0.0779 e. The zero-order valence-electron chi connectivity index (χ0n) is 9.95. The summed E-state index contributed by atoms with van der Waals surface area (Å²) >= 11 is 0. The van der Waals surface area contributed by atoms with Crippen LogP contribution >= 0.6 is 0 Å². The first-order chi connectivity index (χ1) is 6.21. The predicted octanol–water partition coefficient (Wildman–Crippen LogP) is 1.70. The zero-order chi connectivity index (χ0) is 11.2. The van der Waals surface area contributed by atoms with E-state index in [0.717, 1.165) is 25.7 Å². The van der Waals surface area contributed by atoms with Crippen molar-refractivity contribution in [2.24, 2.45) is 0 Å². The average molecular weight is 204 g/mol. The maximum Gasteiger partial charge on any atom is 0.0779 e. The van der Waals surface area contributed by atoms with E-state index >= 15 is 0 Å². The Bertz CT molecular complexity index is 129. The van der Waals surface area contributed by atoms with Crippen LogP contribution in [-0.4, -0.2) is 50.6 Å². The molecule has 4 heteroatoms. The number of rotatable bonds is 7. The zero-order valence-corrected chi connectivity index (χ0v) is 9.95. The molecule has 0 fully saturated rings. The van der Waals surface area contributed by atoms with E-state index in [1.807, 2.05) is 0 Å². The molecular weight excluding hydrogens is 180 g/mol. The van der Waals surface area contributed by atoms with Crippen LogP contribution in [0.4, 0.5) is 0 Å². The average Bonchev–Trinajstić information content (AvgIpc) is 1.92. The van der Waals surface area contributed by atoms with Crippen molar-refractivity contribution in [1.29, 1.82) is 0 Å². The fourth-order valence-corrected chi connectivity index (χ4v) is 1.34. The van der Waals surface area contributed by atoms with E-state index in [1.165, 1.54) is 0 Å². The summed E-state index contributed by atoms with van der Waals surface area (Å²) in [5.41, 5.74) is 0. The Morgan fingerprint density at radius 2 is 0.929 bits per heavy atom. The fraction of sp³-hybridized carbons (Fsp3) is 1.00. The summed E-state index contributed by atoms with van der Waals surface area (Å²) in [6, 6.07) is 0. The number of hydroxylamine groups is 6. The largest absolute Gasteiger partial charge is 0.633 e. The molecule has 14 heavy (non-hydrogen) atoms. The lowest BCUT2D eigenvalue weighted by atomic mass is 10.2. The van der Waals surface area contributed by atoms with Gasteiger partial charge >= 0.3 is 0 Å². The Kier molecular flexibility index (Phi) is 5.59. The molecule has 4 nitrogen and oxygen atoms in total. The molecule has 0 aliphatic heterocycles. The lowest BCUT2D eigenvalue weighted by Gasteiger charge is -2.34. The first-order valence-electron chi connectivity index (χ1n) is 5.29. The highest BCUT2D eigenvalue weighted by atomic mass is 16.5. The molecular formula is C10H24N2O2. The van der Waals surface area contributed by atoms with Gasteiger partial charge in [0.1, 0.15) is 0 Å². The molecule has 0 spiro atoms. The molecule has 0 saturated heterocycles. The van der Waals surface area contributed by atoms with Gasteiger partial charge in [-0.15, -0.1) is 0 Å². The van der Waals surface area contributed by atoms with Crippen molar-refractivity contribution in [2.75, 3.05) is 41.3 Å². The van der Waals surface area contributed by atoms with E-state index in [1.54, 1.807) is 28.2 Å². The summed E-state index contributed by atoms with van der Waals surface area (Å²) in [4.78, 5) is 0. The molecule has 0 N–H and O–H groups in total. The molecule has 0 rings (SSSR count). The van der Waals surface area contributed by atoms with Crippen LogP contribution in [0.15, 0.2) is 0 Å². The summed E-state index contributed by atoms with van der Waals surface area (Å²) in [7, 11) is 6.66. The van der Waals surface area contributed by atoms with Crippen LogP contribution in [0.25, 0.3) is 0 Å². The second-order valence-electron chi connectivity index (χ2n) is 5.01. The number of nitrogens with zero attached hydrogens (tertiary/aromatic N) is 2. The summed E-state index contributed by atoms with van der Waals surface area (Å²) in [5, 5.41) is 22.4. The number of unbranched alkanes of at least 4 members (excludes halogenated alkanes) is 3. The molecule has 0 unspecified atom stereocenters. The first-order valence-corrected chi connectivity index (χ1v) is 5.29. The van der Waals surface area contributed by atoms with Gasteiger partial charge in [-0.05, 0) is 25.7 Å². The van der Waals surface area contributed by atoms with Crippen LogP contribution in [0.1, 0.15) is 25.7 Å². The van der Waals surface area contributed by atoms with Crippen LogP contribution in [0.5, 0.6) is 0 Å². The van der Waals surface area contributed by atoms with E-state index in [0.29, 0.717) is 13.1 Å². The minimum atomic E-state index is -0.205. The molecule has 0 aromatic rings. The van der Waals surface area contributed by atoms with Gasteiger partial charge in [-0.2, -0.15) is 0 Å². The molecule has 0 aliphatic rings. The third kappa shape index (κ3) is 11.8. The van der Waals surface area contributed by atoms with Gasteiger partial charge in [0.2, 0.25) is 0 Å². The molecule has 86 valence electrons. The summed E-state index contributed by atoms with van der Waals surface area (Å²) in [6.07, 6.45) is 4.04. The Balaban J connectivity index is 3.23. The lowest BCUT2D eigenvalue weighted by molar-refractivity contribution is -0.841. The first kappa shape index (κ1) is 13.8. The quantitative estimate of drug-likeness (QED) is 0.360. The van der Waals surface area contributed by atoms with Crippen molar-refractivity contribution < 1.29 is 9.29 Å². The van der Waals surface area contributed by atoms with Gasteiger partial charge in [0.05, 0.1) is 41.3 Å². The SMILES string of the molecule is C[N+](C)([O-])CCCCCC[N+](C)(C)[O-]. The molecule has 0 heterocycles. The molecule has 0 aromatic heterocycles. The van der Waals surface area contributed by atoms with Gasteiger partial charge in [0.15, 0.2) is 0 Å². The highest BCUT2D eigenvalue weighted by Gasteiger charge is 2.03. The molecule has 0 radical (unpaired) electrons. The van der Waals surface area contributed by atoms with Gasteiger partial charge in [0, 0.05) is 0 Å². The number of hydrogen-bond donors (Lipinski definition) is 0. The van der Waals surface area contributed by atoms with Gasteiger partial charge in [-0.1, -0.05) is 0 Å². The molecule has 0 bridgehead atoms. The van der Waals surface area contributed by atoms with Crippen LogP contribution in [0.2, 0.25) is 0 Å². The van der Waals surface area contributed by atoms with Crippen molar-refractivity contribution in [2.45, 2.75) is 25.7 Å². The second-order valence-corrected chi connectivity index (χ2v) is 5.01. The fourth-order valence-electron chi connectivity index (χ4n) is 1.34. The van der Waals surface area contributed by atoms with Crippen molar-refractivity contribution >= 4 is 0 Å². The third-order valence-corrected chi connectivity index (χ3v) is 2.14. The maximum atomic E-state index is 11.2. The van der Waals surface area contributed by atoms with Crippen molar-refractivity contribution in [1.82, 2.24) is 0 Å². The van der Waals surface area contributed by atoms with Crippen LogP contribution in [-0.2, 0) is 0 Å². The highest BCUT2D eigenvalue weighted by molar-refractivity contribution is 4.44. The normalized spacial score (nSPS) is 13.3. The van der Waals surface area contributed by atoms with Crippen LogP contribution in [0, 0.1) is 10.4 Å². The molecule has 0 aliphatic carbocycles. The standard InChI is InChI=1S/C10H24N2O2/c1-11(2,13)9-7-5-6-8-10-12(3,4)14/h5-10H2,1-4H3. The summed E-state index contributed by atoms with van der Waals surface area (Å²) in [6.45, 7) is 1.35. The van der Waals surface area contributed by atoms with E-state index in [9.17, 15) is 10.4 Å². The number of hydrogen-bond acceptors (Lipinski definition) is 2. The second kappa shape index (κ2) is 5.66. The molecule has 0 aromatic carbocycles. The van der Waals surface area contributed by atoms with Gasteiger partial charge in [-0.3, -0.25) is 0 Å².